The SMILES string of the molecule is COCC1CN(c2c(O)cccc2C#N)C1. The number of hydrogen-bond donors (Lipinski definition) is 1. The van der Waals surface area contributed by atoms with E-state index in [9.17, 15) is 5.11 Å². The van der Waals surface area contributed by atoms with Crippen molar-refractivity contribution in [2.45, 2.75) is 0 Å². The Morgan fingerprint density at radius 1 is 1.56 bits per heavy atom. The van der Waals surface area contributed by atoms with Gasteiger partial charge < -0.3 is 14.7 Å². The topological polar surface area (TPSA) is 56.5 Å². The van der Waals surface area contributed by atoms with Gasteiger partial charge in [-0.2, -0.15) is 5.26 Å². The number of nitriles is 1. The Morgan fingerprint density at radius 3 is 2.94 bits per heavy atom. The standard InChI is InChI=1S/C12H14N2O2/c1-16-8-9-6-14(7-9)12-10(5-13)3-2-4-11(12)15/h2-4,9,15H,6-8H2,1H3. The van der Waals surface area contributed by atoms with Crippen LogP contribution in [0.1, 0.15) is 5.56 Å². The second-order valence-electron chi connectivity index (χ2n) is 4.01. The van der Waals surface area contributed by atoms with Gasteiger partial charge in [-0.05, 0) is 12.1 Å². The molecule has 84 valence electrons. The molecule has 0 radical (unpaired) electrons. The van der Waals surface area contributed by atoms with E-state index < -0.39 is 0 Å². The molecule has 4 nitrogen and oxygen atoms in total. The van der Waals surface area contributed by atoms with Crippen LogP contribution in [0.4, 0.5) is 5.69 Å². The van der Waals surface area contributed by atoms with Crippen molar-refractivity contribution in [1.29, 1.82) is 5.26 Å². The molecule has 0 spiro atoms. The number of anilines is 1. The zero-order chi connectivity index (χ0) is 11.5. The molecule has 0 unspecified atom stereocenters. The van der Waals surface area contributed by atoms with Crippen LogP contribution in [0, 0.1) is 17.2 Å². The average Bonchev–Trinajstić information content (AvgIpc) is 2.23. The number of para-hydroxylation sites is 1. The van der Waals surface area contributed by atoms with Crippen molar-refractivity contribution in [3.63, 3.8) is 0 Å². The quantitative estimate of drug-likeness (QED) is 0.832. The van der Waals surface area contributed by atoms with Gasteiger partial charge in [0.1, 0.15) is 11.8 Å². The molecule has 0 amide bonds. The van der Waals surface area contributed by atoms with Gasteiger partial charge in [-0.15, -0.1) is 0 Å². The van der Waals surface area contributed by atoms with E-state index in [4.69, 9.17) is 10.00 Å². The number of aromatic hydroxyl groups is 1. The number of benzene rings is 1. The summed E-state index contributed by atoms with van der Waals surface area (Å²) in [5.41, 5.74) is 1.17. The Kier molecular flexibility index (Phi) is 2.97. The largest absolute Gasteiger partial charge is 0.506 e. The first-order valence-electron chi connectivity index (χ1n) is 5.22. The highest BCUT2D eigenvalue weighted by atomic mass is 16.5. The number of methoxy groups -OCH3 is 1. The fourth-order valence-electron chi connectivity index (χ4n) is 2.05. The summed E-state index contributed by atoms with van der Waals surface area (Å²) in [6.07, 6.45) is 0. The van der Waals surface area contributed by atoms with E-state index in [1.807, 2.05) is 4.90 Å². The third-order valence-corrected chi connectivity index (χ3v) is 2.81. The number of phenolic OH excluding ortho intramolecular Hbond substituents is 1. The summed E-state index contributed by atoms with van der Waals surface area (Å²) in [6.45, 7) is 2.40. The summed E-state index contributed by atoms with van der Waals surface area (Å²) in [6, 6.07) is 7.12. The molecule has 1 aromatic rings. The summed E-state index contributed by atoms with van der Waals surface area (Å²) in [5.74, 6) is 0.672. The second-order valence-corrected chi connectivity index (χ2v) is 4.01. The molecular formula is C12H14N2O2. The summed E-state index contributed by atoms with van der Waals surface area (Å²) in [5, 5.41) is 18.7. The molecule has 1 fully saturated rings. The molecule has 1 N–H and O–H groups in total. The Balaban J connectivity index is 2.14. The van der Waals surface area contributed by atoms with Crippen LogP contribution in [0.5, 0.6) is 5.75 Å². The molecule has 0 aromatic heterocycles. The van der Waals surface area contributed by atoms with Gasteiger partial charge in [0.15, 0.2) is 0 Å². The van der Waals surface area contributed by atoms with Crippen LogP contribution in [0.3, 0.4) is 0 Å². The molecule has 0 atom stereocenters. The molecule has 0 aliphatic carbocycles. The Bertz CT molecular complexity index is 420. The third kappa shape index (κ3) is 1.82. The Hall–Kier alpha value is -1.73. The molecule has 1 aliphatic heterocycles. The summed E-state index contributed by atoms with van der Waals surface area (Å²) < 4.78 is 5.06. The second kappa shape index (κ2) is 4.42. The van der Waals surface area contributed by atoms with E-state index in [0.29, 0.717) is 17.2 Å². The van der Waals surface area contributed by atoms with Gasteiger partial charge in [-0.1, -0.05) is 6.07 Å². The molecule has 0 saturated carbocycles. The van der Waals surface area contributed by atoms with Crippen LogP contribution in [0.25, 0.3) is 0 Å². The van der Waals surface area contributed by atoms with Gasteiger partial charge in [-0.3, -0.25) is 0 Å². The minimum absolute atomic E-state index is 0.176. The molecule has 1 aromatic carbocycles. The van der Waals surface area contributed by atoms with Crippen LogP contribution in [-0.4, -0.2) is 31.9 Å². The number of rotatable bonds is 3. The fraction of sp³-hybridized carbons (Fsp3) is 0.417. The van der Waals surface area contributed by atoms with E-state index in [-0.39, 0.29) is 5.75 Å². The maximum Gasteiger partial charge on any atom is 0.140 e. The zero-order valence-electron chi connectivity index (χ0n) is 9.18. The lowest BCUT2D eigenvalue weighted by Crippen LogP contribution is -2.49. The minimum Gasteiger partial charge on any atom is -0.506 e. The summed E-state index contributed by atoms with van der Waals surface area (Å²) in [4.78, 5) is 2.01. The van der Waals surface area contributed by atoms with Crippen molar-refractivity contribution in [3.05, 3.63) is 23.8 Å². The van der Waals surface area contributed by atoms with E-state index in [1.165, 1.54) is 0 Å². The van der Waals surface area contributed by atoms with E-state index in [2.05, 4.69) is 6.07 Å². The van der Waals surface area contributed by atoms with E-state index >= 15 is 0 Å². The first-order valence-corrected chi connectivity index (χ1v) is 5.22. The van der Waals surface area contributed by atoms with Crippen LogP contribution >= 0.6 is 0 Å². The maximum absolute atomic E-state index is 9.75. The normalized spacial score (nSPS) is 15.6. The number of nitrogens with zero attached hydrogens (tertiary/aromatic N) is 2. The fourth-order valence-corrected chi connectivity index (χ4v) is 2.05. The molecule has 1 heterocycles. The van der Waals surface area contributed by atoms with Gasteiger partial charge in [0.2, 0.25) is 0 Å². The van der Waals surface area contributed by atoms with Crippen LogP contribution in [0.2, 0.25) is 0 Å². The van der Waals surface area contributed by atoms with Gasteiger partial charge in [0.05, 0.1) is 17.9 Å². The molecule has 2 rings (SSSR count). The van der Waals surface area contributed by atoms with Crippen molar-refractivity contribution in [3.8, 4) is 11.8 Å². The third-order valence-electron chi connectivity index (χ3n) is 2.81. The lowest BCUT2D eigenvalue weighted by Gasteiger charge is -2.41. The van der Waals surface area contributed by atoms with E-state index in [0.717, 1.165) is 19.7 Å². The lowest BCUT2D eigenvalue weighted by atomic mass is 9.98. The van der Waals surface area contributed by atoms with Crippen molar-refractivity contribution in [2.75, 3.05) is 31.7 Å². The average molecular weight is 218 g/mol. The lowest BCUT2D eigenvalue weighted by molar-refractivity contribution is 0.137. The minimum atomic E-state index is 0.176. The molecule has 0 bridgehead atoms. The first-order chi connectivity index (χ1) is 7.76. The molecule has 1 aliphatic rings. The van der Waals surface area contributed by atoms with Crippen molar-refractivity contribution in [1.82, 2.24) is 0 Å². The first kappa shape index (κ1) is 10.8. The summed E-state index contributed by atoms with van der Waals surface area (Å²) in [7, 11) is 1.68. The highest BCUT2D eigenvalue weighted by molar-refractivity contribution is 5.68. The van der Waals surface area contributed by atoms with Gasteiger partial charge >= 0.3 is 0 Å². The number of hydrogen-bond acceptors (Lipinski definition) is 4. The molecule has 16 heavy (non-hydrogen) atoms. The van der Waals surface area contributed by atoms with Gasteiger partial charge in [0.25, 0.3) is 0 Å². The number of phenols is 1. The smallest absolute Gasteiger partial charge is 0.140 e. The van der Waals surface area contributed by atoms with Gasteiger partial charge in [0, 0.05) is 26.1 Å². The summed E-state index contributed by atoms with van der Waals surface area (Å²) >= 11 is 0. The van der Waals surface area contributed by atoms with Crippen molar-refractivity contribution in [2.24, 2.45) is 5.92 Å². The van der Waals surface area contributed by atoms with Crippen LogP contribution in [0.15, 0.2) is 18.2 Å². The van der Waals surface area contributed by atoms with Crippen molar-refractivity contribution < 1.29 is 9.84 Å². The Labute approximate surface area is 94.7 Å². The predicted octanol–water partition coefficient (Wildman–Crippen LogP) is 1.35. The molecule has 1 saturated heterocycles. The van der Waals surface area contributed by atoms with Gasteiger partial charge in [-0.25, -0.2) is 0 Å². The van der Waals surface area contributed by atoms with Crippen molar-refractivity contribution >= 4 is 5.69 Å². The van der Waals surface area contributed by atoms with Crippen LogP contribution in [-0.2, 0) is 4.74 Å². The molecular weight excluding hydrogens is 204 g/mol. The zero-order valence-corrected chi connectivity index (χ0v) is 9.18. The number of ether oxygens (including phenoxy) is 1. The predicted molar refractivity (Wildman–Crippen MR) is 60.4 cm³/mol. The Morgan fingerprint density at radius 2 is 2.31 bits per heavy atom. The highest BCUT2D eigenvalue weighted by Gasteiger charge is 2.29. The highest BCUT2D eigenvalue weighted by Crippen LogP contribution is 2.35. The molecule has 4 heteroatoms. The monoisotopic (exact) mass is 218 g/mol. The van der Waals surface area contributed by atoms with Crippen LogP contribution < -0.4 is 4.90 Å². The van der Waals surface area contributed by atoms with E-state index in [1.54, 1.807) is 25.3 Å². The maximum atomic E-state index is 9.75.